The molecule has 3 rings (SSSR count). The lowest BCUT2D eigenvalue weighted by Crippen LogP contribution is -2.19. The highest BCUT2D eigenvalue weighted by molar-refractivity contribution is 7.07. The quantitative estimate of drug-likeness (QED) is 0.436. The summed E-state index contributed by atoms with van der Waals surface area (Å²) >= 11 is 1.32. The number of nitrogens with zero attached hydrogens (tertiary/aromatic N) is 2. The molecule has 5 nitrogen and oxygen atoms in total. The van der Waals surface area contributed by atoms with Crippen LogP contribution < -0.4 is 14.9 Å². The number of unbranched alkanes of at least 4 members (excludes halogenated alkanes) is 1. The maximum atomic E-state index is 12.7. The molecule has 0 aliphatic heterocycles. The highest BCUT2D eigenvalue weighted by atomic mass is 32.1. The Morgan fingerprint density at radius 3 is 2.44 bits per heavy atom. The Morgan fingerprint density at radius 1 is 1.12 bits per heavy atom. The van der Waals surface area contributed by atoms with Gasteiger partial charge in [-0.15, -0.1) is 11.3 Å². The molecule has 32 heavy (non-hydrogen) atoms. The van der Waals surface area contributed by atoms with Gasteiger partial charge in [0.15, 0.2) is 4.80 Å². The lowest BCUT2D eigenvalue weighted by atomic mass is 10.2. The molecule has 0 bridgehead atoms. The van der Waals surface area contributed by atoms with Crippen molar-refractivity contribution in [2.45, 2.75) is 32.4 Å². The van der Waals surface area contributed by atoms with Gasteiger partial charge in [0.05, 0.1) is 24.3 Å². The Labute approximate surface area is 188 Å². The second-order valence-electron chi connectivity index (χ2n) is 7.18. The van der Waals surface area contributed by atoms with Gasteiger partial charge in [0.2, 0.25) is 5.91 Å². The molecule has 0 aliphatic carbocycles. The van der Waals surface area contributed by atoms with Gasteiger partial charge in [0.1, 0.15) is 5.75 Å². The molecule has 0 aliphatic rings. The molecule has 0 saturated carbocycles. The number of halogens is 3. The van der Waals surface area contributed by atoms with Crippen molar-refractivity contribution in [2.75, 3.05) is 11.9 Å². The van der Waals surface area contributed by atoms with Gasteiger partial charge in [-0.3, -0.25) is 4.79 Å². The van der Waals surface area contributed by atoms with E-state index in [0.717, 1.165) is 36.4 Å². The molecular formula is C23H24F3N3O2S. The third-order valence-electron chi connectivity index (χ3n) is 4.68. The normalized spacial score (nSPS) is 12.1. The maximum absolute atomic E-state index is 12.7. The molecule has 9 heteroatoms. The first-order valence-corrected chi connectivity index (χ1v) is 11.0. The molecule has 1 aromatic heterocycles. The Morgan fingerprint density at radius 2 is 1.81 bits per heavy atom. The second-order valence-corrected chi connectivity index (χ2v) is 8.01. The number of alkyl halides is 3. The van der Waals surface area contributed by atoms with Crippen LogP contribution in [0, 0.1) is 0 Å². The number of carbonyl (C=O) groups is 1. The minimum Gasteiger partial charge on any atom is -0.494 e. The van der Waals surface area contributed by atoms with E-state index in [0.29, 0.717) is 22.8 Å². The number of aromatic nitrogens is 1. The summed E-state index contributed by atoms with van der Waals surface area (Å²) in [6.45, 7) is 2.76. The van der Waals surface area contributed by atoms with Crippen LogP contribution in [-0.4, -0.2) is 17.1 Å². The monoisotopic (exact) mass is 463 g/mol. The predicted molar refractivity (Wildman–Crippen MR) is 119 cm³/mol. The summed E-state index contributed by atoms with van der Waals surface area (Å²) in [5, 5.41) is 4.66. The second kappa shape index (κ2) is 10.5. The van der Waals surface area contributed by atoms with Gasteiger partial charge in [-0.1, -0.05) is 13.3 Å². The number of hydrogen-bond donors (Lipinski definition) is 1. The molecule has 1 amide bonds. The maximum Gasteiger partial charge on any atom is 0.416 e. The van der Waals surface area contributed by atoms with Crippen molar-refractivity contribution in [1.29, 1.82) is 0 Å². The number of thiazole rings is 1. The van der Waals surface area contributed by atoms with Crippen LogP contribution in [0.5, 0.6) is 5.75 Å². The van der Waals surface area contributed by atoms with Gasteiger partial charge in [-0.2, -0.15) is 13.2 Å². The first-order valence-electron chi connectivity index (χ1n) is 10.1. The third kappa shape index (κ3) is 6.46. The zero-order chi connectivity index (χ0) is 23.1. The Kier molecular flexibility index (Phi) is 7.74. The molecule has 0 radical (unpaired) electrons. The Balaban J connectivity index is 1.62. The van der Waals surface area contributed by atoms with E-state index in [-0.39, 0.29) is 12.3 Å². The van der Waals surface area contributed by atoms with E-state index in [1.807, 2.05) is 17.5 Å². The van der Waals surface area contributed by atoms with E-state index >= 15 is 0 Å². The van der Waals surface area contributed by atoms with E-state index in [1.165, 1.54) is 23.5 Å². The first-order chi connectivity index (χ1) is 15.3. The SMILES string of the molecule is CCCCOc1ccc(NC(=O)Cc2csc(=Nc3ccc(C(F)(F)F)cc3)n2C)cc1. The van der Waals surface area contributed by atoms with Crippen LogP contribution in [0.2, 0.25) is 0 Å². The van der Waals surface area contributed by atoms with Crippen LogP contribution in [0.25, 0.3) is 0 Å². The minimum atomic E-state index is -4.38. The topological polar surface area (TPSA) is 55.6 Å². The predicted octanol–water partition coefficient (Wildman–Crippen LogP) is 5.70. The van der Waals surface area contributed by atoms with Crippen molar-refractivity contribution >= 4 is 28.6 Å². The molecule has 0 saturated heterocycles. The first kappa shape index (κ1) is 23.6. The average molecular weight is 464 g/mol. The number of hydrogen-bond acceptors (Lipinski definition) is 4. The highest BCUT2D eigenvalue weighted by Crippen LogP contribution is 2.30. The van der Waals surface area contributed by atoms with Gasteiger partial charge < -0.3 is 14.6 Å². The summed E-state index contributed by atoms with van der Waals surface area (Å²) < 4.78 is 45.5. The number of carbonyl (C=O) groups excluding carboxylic acids is 1. The molecule has 1 heterocycles. The largest absolute Gasteiger partial charge is 0.494 e. The molecular weight excluding hydrogens is 439 g/mol. The van der Waals surface area contributed by atoms with Crippen LogP contribution in [0.1, 0.15) is 31.0 Å². The zero-order valence-corrected chi connectivity index (χ0v) is 18.6. The summed E-state index contributed by atoms with van der Waals surface area (Å²) in [7, 11) is 1.77. The van der Waals surface area contributed by atoms with E-state index < -0.39 is 11.7 Å². The van der Waals surface area contributed by atoms with Gasteiger partial charge >= 0.3 is 6.18 Å². The van der Waals surface area contributed by atoms with E-state index in [4.69, 9.17) is 4.74 Å². The summed E-state index contributed by atoms with van der Waals surface area (Å²) in [5.41, 5.74) is 1.11. The number of ether oxygens (including phenoxy) is 1. The van der Waals surface area contributed by atoms with Gasteiger partial charge in [0, 0.05) is 23.8 Å². The van der Waals surface area contributed by atoms with Gasteiger partial charge in [-0.05, 0) is 55.0 Å². The van der Waals surface area contributed by atoms with E-state index in [9.17, 15) is 18.0 Å². The minimum absolute atomic E-state index is 0.143. The van der Waals surface area contributed by atoms with Crippen molar-refractivity contribution in [3.8, 4) is 5.75 Å². The molecule has 2 aromatic carbocycles. The number of anilines is 1. The number of rotatable bonds is 8. The van der Waals surface area contributed by atoms with Crippen molar-refractivity contribution < 1.29 is 22.7 Å². The van der Waals surface area contributed by atoms with Crippen LogP contribution in [0.15, 0.2) is 58.9 Å². The number of nitrogens with one attached hydrogen (secondary N) is 1. The summed E-state index contributed by atoms with van der Waals surface area (Å²) in [4.78, 5) is 17.4. The number of benzene rings is 2. The summed E-state index contributed by atoms with van der Waals surface area (Å²) in [6.07, 6.45) is -2.18. The van der Waals surface area contributed by atoms with Crippen molar-refractivity contribution in [3.05, 3.63) is 70.0 Å². The Bertz CT molecular complexity index is 1100. The average Bonchev–Trinajstić information content (AvgIpc) is 3.08. The zero-order valence-electron chi connectivity index (χ0n) is 17.8. The van der Waals surface area contributed by atoms with Crippen LogP contribution in [0.4, 0.5) is 24.5 Å². The smallest absolute Gasteiger partial charge is 0.416 e. The van der Waals surface area contributed by atoms with Gasteiger partial charge in [-0.25, -0.2) is 4.99 Å². The van der Waals surface area contributed by atoms with Crippen molar-refractivity contribution in [3.63, 3.8) is 0 Å². The lowest BCUT2D eigenvalue weighted by molar-refractivity contribution is -0.137. The van der Waals surface area contributed by atoms with Crippen molar-refractivity contribution in [1.82, 2.24) is 4.57 Å². The molecule has 0 unspecified atom stereocenters. The molecule has 3 aromatic rings. The van der Waals surface area contributed by atoms with Gasteiger partial charge in [0.25, 0.3) is 0 Å². The fourth-order valence-corrected chi connectivity index (χ4v) is 3.75. The fraction of sp³-hybridized carbons (Fsp3) is 0.304. The van der Waals surface area contributed by atoms with E-state index in [1.54, 1.807) is 23.7 Å². The van der Waals surface area contributed by atoms with Crippen LogP contribution >= 0.6 is 11.3 Å². The summed E-state index contributed by atoms with van der Waals surface area (Å²) in [6, 6.07) is 11.9. The lowest BCUT2D eigenvalue weighted by Gasteiger charge is -2.08. The van der Waals surface area contributed by atoms with Crippen molar-refractivity contribution in [2.24, 2.45) is 12.0 Å². The fourth-order valence-electron chi connectivity index (χ4n) is 2.84. The standard InChI is InChI=1S/C23H24F3N3O2S/c1-3-4-13-31-20-11-9-17(10-12-20)27-21(30)14-19-15-32-22(29(19)2)28-18-7-5-16(6-8-18)23(24,25)26/h5-12,15H,3-4,13-14H2,1-2H3,(H,27,30). The number of amides is 1. The Hall–Kier alpha value is -3.07. The van der Waals surface area contributed by atoms with Crippen LogP contribution in [0.3, 0.4) is 0 Å². The molecule has 0 atom stereocenters. The van der Waals surface area contributed by atoms with E-state index in [2.05, 4.69) is 17.2 Å². The highest BCUT2D eigenvalue weighted by Gasteiger charge is 2.29. The summed E-state index contributed by atoms with van der Waals surface area (Å²) in [5.74, 6) is 0.578. The van der Waals surface area contributed by atoms with Crippen LogP contribution in [-0.2, 0) is 24.4 Å². The third-order valence-corrected chi connectivity index (χ3v) is 5.65. The molecule has 0 spiro atoms. The molecule has 0 fully saturated rings. The molecule has 170 valence electrons. The molecule has 1 N–H and O–H groups in total.